The van der Waals surface area contributed by atoms with Gasteiger partial charge in [0.1, 0.15) is 16.0 Å². The van der Waals surface area contributed by atoms with Crippen LogP contribution in [0, 0.1) is 0 Å². The van der Waals surface area contributed by atoms with Gasteiger partial charge in [-0.3, -0.25) is 14.6 Å². The number of ether oxygens (including phenoxy) is 2. The van der Waals surface area contributed by atoms with Crippen molar-refractivity contribution < 1.29 is 24.2 Å². The van der Waals surface area contributed by atoms with Crippen LogP contribution in [0.2, 0.25) is 10.0 Å². The second-order valence-electron chi connectivity index (χ2n) is 8.70. The highest BCUT2D eigenvalue weighted by molar-refractivity contribution is 9.10. The molecule has 1 N–H and O–H groups in total. The minimum Gasteiger partial charge on any atom is -0.492 e. The van der Waals surface area contributed by atoms with Crippen molar-refractivity contribution >= 4 is 50.9 Å². The lowest BCUT2D eigenvalue weighted by atomic mass is 9.93. The summed E-state index contributed by atoms with van der Waals surface area (Å²) in [6, 6.07) is 21.2. The normalized spacial score (nSPS) is 14.3. The second kappa shape index (κ2) is 11.2. The maximum absolute atomic E-state index is 12.9. The number of aromatic nitrogens is 1. The number of carboxylic acid groups (broad SMARTS) is 1. The number of carbonyl (C=O) groups excluding carboxylic acids is 1. The van der Waals surface area contributed by atoms with E-state index in [-0.39, 0.29) is 23.8 Å². The van der Waals surface area contributed by atoms with Gasteiger partial charge >= 0.3 is 5.97 Å². The number of Topliss-reactive ketones (excluding diaryl/α,β-unsaturated/α-hetero) is 1. The molecule has 2 heterocycles. The quantitative estimate of drug-likeness (QED) is 0.213. The van der Waals surface area contributed by atoms with Crippen LogP contribution < -0.4 is 9.47 Å². The fraction of sp³-hybridized carbons (Fsp3) is 0.138. The van der Waals surface area contributed by atoms with Crippen molar-refractivity contribution in [2.45, 2.75) is 18.8 Å². The first-order valence-electron chi connectivity index (χ1n) is 11.7. The summed E-state index contributed by atoms with van der Waals surface area (Å²) in [6.45, 7) is 0.276. The molecule has 6 nitrogen and oxygen atoms in total. The number of hydrogen-bond donors (Lipinski definition) is 1. The number of rotatable bonds is 7. The number of hydrogen-bond acceptors (Lipinski definition) is 5. The Kier molecular flexibility index (Phi) is 7.70. The molecular weight excluding hydrogens is 593 g/mol. The Balaban J connectivity index is 1.31. The Labute approximate surface area is 237 Å². The van der Waals surface area contributed by atoms with E-state index >= 15 is 0 Å². The van der Waals surface area contributed by atoms with E-state index in [9.17, 15) is 14.7 Å². The molecule has 38 heavy (non-hydrogen) atoms. The van der Waals surface area contributed by atoms with Gasteiger partial charge in [0.2, 0.25) is 0 Å². The molecule has 1 atom stereocenters. The summed E-state index contributed by atoms with van der Waals surface area (Å²) in [7, 11) is 0. The Morgan fingerprint density at radius 1 is 1.05 bits per heavy atom. The predicted octanol–water partition coefficient (Wildman–Crippen LogP) is 7.99. The van der Waals surface area contributed by atoms with Crippen LogP contribution in [0.25, 0.3) is 11.3 Å². The molecule has 1 aliphatic rings. The summed E-state index contributed by atoms with van der Waals surface area (Å²) in [5, 5.41) is 10.4. The second-order valence-corrected chi connectivity index (χ2v) is 10.3. The molecule has 0 amide bonds. The monoisotopic (exact) mass is 611 g/mol. The van der Waals surface area contributed by atoms with Crippen LogP contribution in [-0.4, -0.2) is 28.4 Å². The molecular formula is C29H20BrCl2NO5. The third-order valence-electron chi connectivity index (χ3n) is 6.17. The summed E-state index contributed by atoms with van der Waals surface area (Å²) in [5.41, 5.74) is 3.36. The van der Waals surface area contributed by atoms with E-state index in [4.69, 9.17) is 32.7 Å². The highest BCUT2D eigenvalue weighted by atomic mass is 79.9. The number of aliphatic carboxylic acids is 1. The van der Waals surface area contributed by atoms with Crippen LogP contribution in [0.4, 0.5) is 0 Å². The average Bonchev–Trinajstić information content (AvgIpc) is 2.91. The predicted molar refractivity (Wildman–Crippen MR) is 149 cm³/mol. The zero-order valence-electron chi connectivity index (χ0n) is 19.8. The van der Waals surface area contributed by atoms with Gasteiger partial charge < -0.3 is 14.6 Å². The first kappa shape index (κ1) is 26.2. The Morgan fingerprint density at radius 2 is 1.79 bits per heavy atom. The SMILES string of the molecule is O=C(Cc1cccc(-c2ccc(Cl)cc2)n1)c1ccc(Oc2c(Cl)cc3c(c2Br)OCCC3C(=O)O)cc1. The van der Waals surface area contributed by atoms with Crippen molar-refractivity contribution in [1.29, 1.82) is 0 Å². The van der Waals surface area contributed by atoms with Gasteiger partial charge in [-0.2, -0.15) is 0 Å². The Hall–Kier alpha value is -3.39. The van der Waals surface area contributed by atoms with E-state index in [1.54, 1.807) is 42.5 Å². The molecule has 1 aliphatic heterocycles. The number of carbonyl (C=O) groups is 2. The van der Waals surface area contributed by atoms with Crippen molar-refractivity contribution in [1.82, 2.24) is 4.98 Å². The molecule has 3 aromatic carbocycles. The molecule has 0 spiro atoms. The number of ketones is 1. The molecule has 0 radical (unpaired) electrons. The van der Waals surface area contributed by atoms with E-state index in [1.807, 2.05) is 30.3 Å². The van der Waals surface area contributed by atoms with Gasteiger partial charge in [-0.15, -0.1) is 0 Å². The average molecular weight is 613 g/mol. The number of halogens is 3. The van der Waals surface area contributed by atoms with Gasteiger partial charge in [0.05, 0.1) is 29.7 Å². The molecule has 192 valence electrons. The Bertz CT molecular complexity index is 1520. The first-order chi connectivity index (χ1) is 18.3. The number of fused-ring (bicyclic) bond motifs is 1. The van der Waals surface area contributed by atoms with E-state index in [1.165, 1.54) is 0 Å². The van der Waals surface area contributed by atoms with Crippen LogP contribution in [-0.2, 0) is 11.2 Å². The van der Waals surface area contributed by atoms with Crippen LogP contribution in [0.1, 0.15) is 34.0 Å². The van der Waals surface area contributed by atoms with E-state index < -0.39 is 11.9 Å². The van der Waals surface area contributed by atoms with Crippen LogP contribution in [0.5, 0.6) is 17.2 Å². The fourth-order valence-corrected chi connectivity index (χ4v) is 5.37. The van der Waals surface area contributed by atoms with Crippen molar-refractivity contribution in [2.75, 3.05) is 6.61 Å². The lowest BCUT2D eigenvalue weighted by Gasteiger charge is -2.25. The third-order valence-corrected chi connectivity index (χ3v) is 7.42. The number of pyridine rings is 1. The lowest BCUT2D eigenvalue weighted by molar-refractivity contribution is -0.139. The van der Waals surface area contributed by atoms with Crippen molar-refractivity contribution in [3.05, 3.63) is 104 Å². The number of nitrogens with zero attached hydrogens (tertiary/aromatic N) is 1. The van der Waals surface area contributed by atoms with Crippen LogP contribution in [0.3, 0.4) is 0 Å². The first-order valence-corrected chi connectivity index (χ1v) is 13.3. The summed E-state index contributed by atoms with van der Waals surface area (Å²) in [5.74, 6) is -0.551. The molecule has 0 saturated carbocycles. The van der Waals surface area contributed by atoms with Gasteiger partial charge in [0.15, 0.2) is 11.5 Å². The lowest BCUT2D eigenvalue weighted by Crippen LogP contribution is -2.21. The van der Waals surface area contributed by atoms with Crippen molar-refractivity contribution in [2.24, 2.45) is 0 Å². The summed E-state index contributed by atoms with van der Waals surface area (Å²) in [6.07, 6.45) is 0.508. The van der Waals surface area contributed by atoms with Crippen molar-refractivity contribution in [3.63, 3.8) is 0 Å². The molecule has 1 unspecified atom stereocenters. The molecule has 5 rings (SSSR count). The maximum Gasteiger partial charge on any atom is 0.311 e. The van der Waals surface area contributed by atoms with Gasteiger partial charge in [-0.1, -0.05) is 41.4 Å². The molecule has 4 aromatic rings. The third kappa shape index (κ3) is 5.55. The van der Waals surface area contributed by atoms with Crippen molar-refractivity contribution in [3.8, 4) is 28.5 Å². The van der Waals surface area contributed by atoms with Gasteiger partial charge in [0.25, 0.3) is 0 Å². The minimum atomic E-state index is -0.932. The van der Waals surface area contributed by atoms with Crippen LogP contribution >= 0.6 is 39.1 Å². The molecule has 0 fully saturated rings. The minimum absolute atomic E-state index is 0.0848. The largest absolute Gasteiger partial charge is 0.492 e. The van der Waals surface area contributed by atoms with E-state index in [0.29, 0.717) is 50.0 Å². The molecule has 0 bridgehead atoms. The van der Waals surface area contributed by atoms with E-state index in [2.05, 4.69) is 20.9 Å². The number of benzene rings is 3. The fourth-order valence-electron chi connectivity index (χ4n) is 4.24. The molecule has 1 aromatic heterocycles. The zero-order chi connectivity index (χ0) is 26.8. The smallest absolute Gasteiger partial charge is 0.311 e. The summed E-state index contributed by atoms with van der Waals surface area (Å²) < 4.78 is 12.1. The zero-order valence-corrected chi connectivity index (χ0v) is 22.9. The maximum atomic E-state index is 12.9. The van der Waals surface area contributed by atoms with Crippen LogP contribution in [0.15, 0.2) is 77.3 Å². The molecule has 9 heteroatoms. The summed E-state index contributed by atoms with van der Waals surface area (Å²) >= 11 is 15.9. The van der Waals surface area contributed by atoms with Gasteiger partial charge in [0, 0.05) is 27.4 Å². The van der Waals surface area contributed by atoms with Gasteiger partial charge in [-0.05, 0) is 76.9 Å². The number of carboxylic acids is 1. The van der Waals surface area contributed by atoms with Gasteiger partial charge in [-0.25, -0.2) is 0 Å². The topological polar surface area (TPSA) is 85.7 Å². The summed E-state index contributed by atoms with van der Waals surface area (Å²) in [4.78, 5) is 29.2. The van der Waals surface area contributed by atoms with E-state index in [0.717, 1.165) is 11.3 Å². The highest BCUT2D eigenvalue weighted by Crippen LogP contribution is 2.48. The molecule has 0 aliphatic carbocycles. The molecule has 0 saturated heterocycles. The Morgan fingerprint density at radius 3 is 2.50 bits per heavy atom. The standard InChI is InChI=1S/C29H20BrCl2NO5/c30-26-27-22(21(29(35)36)12-13-37-27)15-23(32)28(26)38-20-10-6-17(7-11-20)25(34)14-19-2-1-3-24(33-19)16-4-8-18(31)9-5-16/h1-11,15,21H,12-14H2,(H,35,36). The highest BCUT2D eigenvalue weighted by Gasteiger charge is 2.31.